The summed E-state index contributed by atoms with van der Waals surface area (Å²) in [6, 6.07) is 0. The minimum Gasteiger partial charge on any atom is -0.748 e. The molecule has 0 aliphatic carbocycles. The topological polar surface area (TPSA) is 77.4 Å². The predicted octanol–water partition coefficient (Wildman–Crippen LogP) is 3.33. The number of hydrogen-bond donors (Lipinski definition) is 1. The molecule has 164 valence electrons. The Morgan fingerprint density at radius 3 is 1.39 bits per heavy atom. The van der Waals surface area contributed by atoms with Crippen LogP contribution in [0, 0.1) is 0 Å². The first-order valence-corrected chi connectivity index (χ1v) is 13.0. The first-order chi connectivity index (χ1) is 12.9. The summed E-state index contributed by atoms with van der Waals surface area (Å²) in [5.41, 5.74) is 0. The molecule has 28 heavy (non-hydrogen) atoms. The van der Waals surface area contributed by atoms with Crippen LogP contribution < -0.4 is 51.4 Å². The molecule has 0 saturated heterocycles. The van der Waals surface area contributed by atoms with Gasteiger partial charge in [0.25, 0.3) is 0 Å². The van der Waals surface area contributed by atoms with Gasteiger partial charge in [0.15, 0.2) is 0 Å². The van der Waals surface area contributed by atoms with Gasteiger partial charge in [-0.1, -0.05) is 104 Å². The fourth-order valence-corrected chi connectivity index (χ4v) is 4.53. The molecule has 0 saturated carbocycles. The van der Waals surface area contributed by atoms with Gasteiger partial charge in [-0.25, -0.2) is 8.42 Å². The maximum Gasteiger partial charge on any atom is 1.00 e. The van der Waals surface area contributed by atoms with E-state index in [-0.39, 0.29) is 57.5 Å². The van der Waals surface area contributed by atoms with Gasteiger partial charge in [-0.2, -0.15) is 0 Å². The van der Waals surface area contributed by atoms with Gasteiger partial charge < -0.3 is 9.66 Å². The second kappa shape index (κ2) is 21.7. The molecule has 0 rings (SSSR count). The number of aliphatic hydroxyl groups excluding tert-OH is 1. The molecule has 0 aromatic heterocycles. The molecule has 0 heterocycles. The Kier molecular flexibility index (Phi) is 24.6. The van der Waals surface area contributed by atoms with Crippen molar-refractivity contribution < 1.29 is 69.5 Å². The van der Waals surface area contributed by atoms with E-state index in [0.29, 0.717) is 12.8 Å². The molecule has 4 nitrogen and oxygen atoms in total. The van der Waals surface area contributed by atoms with Crippen LogP contribution in [0.3, 0.4) is 0 Å². The van der Waals surface area contributed by atoms with Crippen molar-refractivity contribution in [2.24, 2.45) is 0 Å². The van der Waals surface area contributed by atoms with Crippen LogP contribution in [0.4, 0.5) is 0 Å². The van der Waals surface area contributed by atoms with E-state index in [4.69, 9.17) is 0 Å². The summed E-state index contributed by atoms with van der Waals surface area (Å²) in [6.07, 6.45) is 19.3. The summed E-state index contributed by atoms with van der Waals surface area (Å²) in [5, 5.41) is 9.32. The summed E-state index contributed by atoms with van der Waals surface area (Å²) < 4.78 is 33.1. The van der Waals surface area contributed by atoms with Crippen molar-refractivity contribution in [3.8, 4) is 0 Å². The maximum absolute atomic E-state index is 11.0. The Morgan fingerprint density at radius 2 is 1.04 bits per heavy atom. The smallest absolute Gasteiger partial charge is 0.748 e. The molecule has 6 heteroatoms. The van der Waals surface area contributed by atoms with Gasteiger partial charge in [-0.05, 0) is 25.7 Å². The monoisotopic (exact) mass is 444 g/mol. The number of hydrogen-bond acceptors (Lipinski definition) is 4. The van der Waals surface area contributed by atoms with E-state index < -0.39 is 15.4 Å². The van der Waals surface area contributed by atoms with Crippen molar-refractivity contribution in [2.75, 3.05) is 0 Å². The van der Waals surface area contributed by atoms with Gasteiger partial charge in [-0.3, -0.25) is 0 Å². The summed E-state index contributed by atoms with van der Waals surface area (Å²) in [4.78, 5) is 0. The van der Waals surface area contributed by atoms with E-state index in [0.717, 1.165) is 44.9 Å². The molecule has 0 aliphatic heterocycles. The van der Waals surface area contributed by atoms with Crippen LogP contribution in [0.25, 0.3) is 0 Å². The average molecular weight is 445 g/mol. The summed E-state index contributed by atoms with van der Waals surface area (Å²) in [5.74, 6) is 0. The van der Waals surface area contributed by atoms with E-state index >= 15 is 0 Å². The molecule has 0 aromatic carbocycles. The van der Waals surface area contributed by atoms with Crippen LogP contribution in [0.1, 0.15) is 129 Å². The van der Waals surface area contributed by atoms with Gasteiger partial charge >= 0.3 is 51.4 Å². The number of aliphatic hydroxyl groups is 1. The Labute approximate surface area is 218 Å². The number of rotatable bonds is 20. The van der Waals surface area contributed by atoms with Crippen LogP contribution in [0.2, 0.25) is 0 Å². The van der Waals surface area contributed by atoms with Crippen LogP contribution in [0.15, 0.2) is 0 Å². The number of unbranched alkanes of at least 4 members (excludes halogenated alkanes) is 12. The van der Waals surface area contributed by atoms with E-state index in [1.165, 1.54) is 57.8 Å². The van der Waals surface area contributed by atoms with Gasteiger partial charge in [0, 0.05) is 5.25 Å². The molecule has 0 spiro atoms. The fraction of sp³-hybridized carbons (Fsp3) is 1.00. The third-order valence-electron chi connectivity index (χ3n) is 5.57. The first kappa shape index (κ1) is 31.7. The van der Waals surface area contributed by atoms with Gasteiger partial charge in [0.1, 0.15) is 0 Å². The van der Waals surface area contributed by atoms with Gasteiger partial charge in [0.05, 0.1) is 16.2 Å². The van der Waals surface area contributed by atoms with Crippen LogP contribution in [-0.2, 0) is 10.1 Å². The molecule has 0 radical (unpaired) electrons. The second-order valence-electron chi connectivity index (χ2n) is 8.14. The van der Waals surface area contributed by atoms with Gasteiger partial charge in [-0.15, -0.1) is 0 Å². The second-order valence-corrected chi connectivity index (χ2v) is 9.79. The Hall–Kier alpha value is 1.51. The zero-order chi connectivity index (χ0) is 20.4. The van der Waals surface area contributed by atoms with Crippen LogP contribution in [0.5, 0.6) is 0 Å². The Bertz CT molecular complexity index is 415. The maximum atomic E-state index is 11.0. The largest absolute Gasteiger partial charge is 1.00 e. The third-order valence-corrected chi connectivity index (χ3v) is 6.95. The SMILES string of the molecule is CCCCCCCCCCCCC(O)CCCCCCC(CC)S(=O)(=O)[O-].[K+]. The molecule has 0 aliphatic rings. The van der Waals surface area contributed by atoms with Crippen molar-refractivity contribution in [3.05, 3.63) is 0 Å². The van der Waals surface area contributed by atoms with E-state index in [1.54, 1.807) is 6.92 Å². The van der Waals surface area contributed by atoms with Crippen molar-refractivity contribution in [1.82, 2.24) is 0 Å². The minimum absolute atomic E-state index is 0. The average Bonchev–Trinajstić information content (AvgIpc) is 2.61. The molecular formula is C22H45KO4S. The minimum atomic E-state index is -4.14. The molecule has 2 atom stereocenters. The standard InChI is InChI=1S/C22H46O4S.K/c1-3-5-6-7-8-9-10-11-12-15-18-21(23)19-16-13-14-17-20-22(4-2)27(24,25)26;/h21-23H,3-20H2,1-2H3,(H,24,25,26);/q;+1/p-1. The molecule has 0 fully saturated rings. The molecule has 0 amide bonds. The fourth-order valence-electron chi connectivity index (χ4n) is 3.67. The van der Waals surface area contributed by atoms with E-state index in [1.807, 2.05) is 0 Å². The van der Waals surface area contributed by atoms with Crippen molar-refractivity contribution in [1.29, 1.82) is 0 Å². The van der Waals surface area contributed by atoms with E-state index in [2.05, 4.69) is 6.92 Å². The summed E-state index contributed by atoms with van der Waals surface area (Å²) in [7, 11) is -4.14. The van der Waals surface area contributed by atoms with Crippen molar-refractivity contribution in [3.63, 3.8) is 0 Å². The molecular weight excluding hydrogens is 399 g/mol. The molecule has 0 aromatic rings. The van der Waals surface area contributed by atoms with Crippen LogP contribution >= 0.6 is 0 Å². The van der Waals surface area contributed by atoms with E-state index in [9.17, 15) is 18.1 Å². The molecule has 2 unspecified atom stereocenters. The molecule has 1 N–H and O–H groups in total. The Morgan fingerprint density at radius 1 is 0.679 bits per heavy atom. The normalized spacial score (nSPS) is 13.9. The zero-order valence-corrected chi connectivity index (χ0v) is 22.9. The summed E-state index contributed by atoms with van der Waals surface area (Å²) >= 11 is 0. The quantitative estimate of drug-likeness (QED) is 0.177. The Balaban J connectivity index is 0. The van der Waals surface area contributed by atoms with Gasteiger partial charge in [0.2, 0.25) is 0 Å². The molecule has 0 bridgehead atoms. The van der Waals surface area contributed by atoms with Crippen molar-refractivity contribution in [2.45, 2.75) is 141 Å². The first-order valence-electron chi connectivity index (χ1n) is 11.5. The summed E-state index contributed by atoms with van der Waals surface area (Å²) in [6.45, 7) is 4.01. The predicted molar refractivity (Wildman–Crippen MR) is 114 cm³/mol. The third kappa shape index (κ3) is 20.8. The van der Waals surface area contributed by atoms with Crippen LogP contribution in [-0.4, -0.2) is 29.4 Å². The zero-order valence-electron chi connectivity index (χ0n) is 19.0. The van der Waals surface area contributed by atoms with Crippen molar-refractivity contribution >= 4 is 10.1 Å².